The van der Waals surface area contributed by atoms with Crippen molar-refractivity contribution >= 4 is 7.82 Å². The highest BCUT2D eigenvalue weighted by Crippen LogP contribution is 2.35. The summed E-state index contributed by atoms with van der Waals surface area (Å²) in [6, 6.07) is 0. The van der Waals surface area contributed by atoms with E-state index in [9.17, 15) is 4.57 Å². The standard InChI is InChI=1S/C8H17O4P/c1-3-8(4-2)6-5-7-12-13(9,10)11/h5-6,8H,3-4,7H2,1-2H3,(H2,9,10,11). The lowest BCUT2D eigenvalue weighted by atomic mass is 10.0. The van der Waals surface area contributed by atoms with Gasteiger partial charge in [-0.15, -0.1) is 0 Å². The molecule has 5 heteroatoms. The maximum atomic E-state index is 10.3. The summed E-state index contributed by atoms with van der Waals surface area (Å²) in [5, 5.41) is 0. The molecule has 0 aliphatic rings. The van der Waals surface area contributed by atoms with Crippen molar-refractivity contribution in [3.63, 3.8) is 0 Å². The predicted molar refractivity (Wildman–Crippen MR) is 51.2 cm³/mol. The first-order valence-electron chi connectivity index (χ1n) is 4.36. The van der Waals surface area contributed by atoms with Crippen molar-refractivity contribution in [1.82, 2.24) is 0 Å². The van der Waals surface area contributed by atoms with Gasteiger partial charge in [-0.25, -0.2) is 4.57 Å². The van der Waals surface area contributed by atoms with Gasteiger partial charge in [0.25, 0.3) is 0 Å². The number of phosphoric acid groups is 1. The lowest BCUT2D eigenvalue weighted by molar-refractivity contribution is 0.215. The van der Waals surface area contributed by atoms with Gasteiger partial charge in [-0.05, 0) is 18.8 Å². The summed E-state index contributed by atoms with van der Waals surface area (Å²) in [6.45, 7) is 4.12. The third kappa shape index (κ3) is 8.19. The van der Waals surface area contributed by atoms with Crippen LogP contribution in [-0.2, 0) is 9.09 Å². The van der Waals surface area contributed by atoms with Gasteiger partial charge in [-0.2, -0.15) is 0 Å². The maximum absolute atomic E-state index is 10.3. The molecule has 13 heavy (non-hydrogen) atoms. The summed E-state index contributed by atoms with van der Waals surface area (Å²) in [5.74, 6) is 0.473. The van der Waals surface area contributed by atoms with Crippen molar-refractivity contribution in [1.29, 1.82) is 0 Å². The molecular weight excluding hydrogens is 191 g/mol. The summed E-state index contributed by atoms with van der Waals surface area (Å²) in [7, 11) is -4.29. The Hall–Kier alpha value is -0.150. The first-order chi connectivity index (χ1) is 5.99. The molecule has 0 spiro atoms. The van der Waals surface area contributed by atoms with Gasteiger partial charge in [0.15, 0.2) is 0 Å². The lowest BCUT2D eigenvalue weighted by Gasteiger charge is -2.05. The molecule has 0 amide bonds. The van der Waals surface area contributed by atoms with E-state index >= 15 is 0 Å². The smallest absolute Gasteiger partial charge is 0.303 e. The van der Waals surface area contributed by atoms with E-state index < -0.39 is 7.82 Å². The highest BCUT2D eigenvalue weighted by atomic mass is 31.2. The van der Waals surface area contributed by atoms with Crippen molar-refractivity contribution in [2.45, 2.75) is 26.7 Å². The van der Waals surface area contributed by atoms with Crippen molar-refractivity contribution < 1.29 is 18.9 Å². The molecule has 0 saturated heterocycles. The molecule has 0 fully saturated rings. The fourth-order valence-electron chi connectivity index (χ4n) is 0.949. The molecule has 0 saturated carbocycles. The van der Waals surface area contributed by atoms with E-state index in [0.717, 1.165) is 12.8 Å². The Balaban J connectivity index is 3.68. The average Bonchev–Trinajstić information content (AvgIpc) is 2.03. The summed E-state index contributed by atoms with van der Waals surface area (Å²) in [5.41, 5.74) is 0. The Morgan fingerprint density at radius 2 is 1.92 bits per heavy atom. The molecule has 4 nitrogen and oxygen atoms in total. The molecule has 0 aliphatic heterocycles. The summed E-state index contributed by atoms with van der Waals surface area (Å²) in [6.07, 6.45) is 5.64. The Bertz CT molecular complexity index is 192. The normalized spacial score (nSPS) is 13.0. The largest absolute Gasteiger partial charge is 0.469 e. The zero-order chi connectivity index (χ0) is 10.3. The van der Waals surface area contributed by atoms with E-state index in [1.807, 2.05) is 6.08 Å². The van der Waals surface area contributed by atoms with Crippen LogP contribution in [0, 0.1) is 5.92 Å². The van der Waals surface area contributed by atoms with Crippen LogP contribution < -0.4 is 0 Å². The minimum absolute atomic E-state index is 0.0270. The Morgan fingerprint density at radius 1 is 1.38 bits per heavy atom. The van der Waals surface area contributed by atoms with Crippen LogP contribution in [0.4, 0.5) is 0 Å². The summed E-state index contributed by atoms with van der Waals surface area (Å²) in [4.78, 5) is 16.7. The van der Waals surface area contributed by atoms with Crippen molar-refractivity contribution in [2.24, 2.45) is 5.92 Å². The highest BCUT2D eigenvalue weighted by Gasteiger charge is 2.11. The Morgan fingerprint density at radius 3 is 2.31 bits per heavy atom. The molecule has 0 aromatic rings. The van der Waals surface area contributed by atoms with Crippen LogP contribution in [0.15, 0.2) is 12.2 Å². The van der Waals surface area contributed by atoms with E-state index in [1.165, 1.54) is 0 Å². The van der Waals surface area contributed by atoms with Crippen molar-refractivity contribution in [3.05, 3.63) is 12.2 Å². The van der Waals surface area contributed by atoms with Crippen molar-refractivity contribution in [2.75, 3.05) is 6.61 Å². The van der Waals surface area contributed by atoms with Crippen LogP contribution in [0.3, 0.4) is 0 Å². The third-order valence-electron chi connectivity index (χ3n) is 1.80. The molecule has 0 aromatic heterocycles. The number of phosphoric ester groups is 1. The SMILES string of the molecule is CCC(C=CCOP(=O)(O)O)CC. The first kappa shape index (κ1) is 12.8. The molecule has 0 bridgehead atoms. The number of hydrogen-bond donors (Lipinski definition) is 2. The molecule has 0 atom stereocenters. The highest BCUT2D eigenvalue weighted by molar-refractivity contribution is 7.46. The van der Waals surface area contributed by atoms with Crippen LogP contribution in [0.1, 0.15) is 26.7 Å². The van der Waals surface area contributed by atoms with Crippen LogP contribution in [-0.4, -0.2) is 16.4 Å². The second-order valence-electron chi connectivity index (χ2n) is 2.79. The molecular formula is C8H17O4P. The minimum atomic E-state index is -4.29. The second-order valence-corrected chi connectivity index (χ2v) is 4.03. The van der Waals surface area contributed by atoms with Crippen LogP contribution >= 0.6 is 7.82 Å². The zero-order valence-electron chi connectivity index (χ0n) is 8.01. The van der Waals surface area contributed by atoms with E-state index in [2.05, 4.69) is 18.4 Å². The molecule has 0 aliphatic carbocycles. The molecule has 0 aromatic carbocycles. The van der Waals surface area contributed by atoms with E-state index in [1.54, 1.807) is 6.08 Å². The van der Waals surface area contributed by atoms with Gasteiger partial charge in [0, 0.05) is 0 Å². The number of hydrogen-bond acceptors (Lipinski definition) is 2. The maximum Gasteiger partial charge on any atom is 0.469 e. The first-order valence-corrected chi connectivity index (χ1v) is 5.89. The molecule has 0 heterocycles. The summed E-state index contributed by atoms with van der Waals surface area (Å²) >= 11 is 0. The Labute approximate surface area is 78.9 Å². The monoisotopic (exact) mass is 208 g/mol. The average molecular weight is 208 g/mol. The lowest BCUT2D eigenvalue weighted by Crippen LogP contribution is -1.93. The molecule has 2 N–H and O–H groups in total. The summed E-state index contributed by atoms with van der Waals surface area (Å²) < 4.78 is 14.5. The van der Waals surface area contributed by atoms with Gasteiger partial charge in [-0.1, -0.05) is 26.0 Å². The zero-order valence-corrected chi connectivity index (χ0v) is 8.91. The van der Waals surface area contributed by atoms with Gasteiger partial charge >= 0.3 is 7.82 Å². The quantitative estimate of drug-likeness (QED) is 0.518. The minimum Gasteiger partial charge on any atom is -0.303 e. The molecule has 0 unspecified atom stereocenters. The predicted octanol–water partition coefficient (Wildman–Crippen LogP) is 2.09. The van der Waals surface area contributed by atoms with Crippen LogP contribution in [0.25, 0.3) is 0 Å². The van der Waals surface area contributed by atoms with Gasteiger partial charge < -0.3 is 9.79 Å². The van der Waals surface area contributed by atoms with E-state index in [-0.39, 0.29) is 6.61 Å². The Kier molecular flexibility index (Phi) is 6.25. The van der Waals surface area contributed by atoms with Crippen molar-refractivity contribution in [3.8, 4) is 0 Å². The van der Waals surface area contributed by atoms with E-state index in [0.29, 0.717) is 5.92 Å². The number of allylic oxidation sites excluding steroid dienone is 1. The third-order valence-corrected chi connectivity index (χ3v) is 2.28. The molecule has 78 valence electrons. The van der Waals surface area contributed by atoms with Gasteiger partial charge in [-0.3, -0.25) is 4.52 Å². The van der Waals surface area contributed by atoms with Crippen LogP contribution in [0.5, 0.6) is 0 Å². The molecule has 0 radical (unpaired) electrons. The fraction of sp³-hybridized carbons (Fsp3) is 0.750. The van der Waals surface area contributed by atoms with Crippen LogP contribution in [0.2, 0.25) is 0 Å². The number of rotatable bonds is 6. The van der Waals surface area contributed by atoms with E-state index in [4.69, 9.17) is 9.79 Å². The van der Waals surface area contributed by atoms with Gasteiger partial charge in [0.1, 0.15) is 0 Å². The van der Waals surface area contributed by atoms with Gasteiger partial charge in [0.2, 0.25) is 0 Å². The molecule has 0 rings (SSSR count). The second kappa shape index (κ2) is 6.33. The fourth-order valence-corrected chi connectivity index (χ4v) is 1.23. The topological polar surface area (TPSA) is 66.8 Å². The van der Waals surface area contributed by atoms with Gasteiger partial charge in [0.05, 0.1) is 6.61 Å².